The Kier molecular flexibility index (Phi) is 4.83. The molecule has 4 heteroatoms. The Bertz CT molecular complexity index is 921. The minimum absolute atomic E-state index is 0.00443. The van der Waals surface area contributed by atoms with Crippen molar-refractivity contribution in [3.8, 4) is 0 Å². The predicted molar refractivity (Wildman–Crippen MR) is 115 cm³/mol. The third-order valence-corrected chi connectivity index (χ3v) is 9.04. The van der Waals surface area contributed by atoms with Crippen molar-refractivity contribution in [2.75, 3.05) is 6.61 Å². The molecule has 0 bridgehead atoms. The molecule has 4 aliphatic carbocycles. The molecule has 0 heterocycles. The third-order valence-electron chi connectivity index (χ3n) is 9.04. The summed E-state index contributed by atoms with van der Waals surface area (Å²) >= 11 is 0. The van der Waals surface area contributed by atoms with Gasteiger partial charge in [-0.05, 0) is 67.9 Å². The molecule has 0 aliphatic heterocycles. The molecule has 4 aliphatic rings. The van der Waals surface area contributed by atoms with Crippen LogP contribution in [0.25, 0.3) is 0 Å². The van der Waals surface area contributed by atoms with E-state index in [0.717, 1.165) is 25.7 Å². The first kappa shape index (κ1) is 21.0. The first-order chi connectivity index (χ1) is 14.1. The van der Waals surface area contributed by atoms with Crippen LogP contribution in [0.1, 0.15) is 53.4 Å². The van der Waals surface area contributed by atoms with Crippen LogP contribution < -0.4 is 0 Å². The highest BCUT2D eigenvalue weighted by atomic mass is 16.5. The molecule has 4 rings (SSSR count). The SMILES string of the molecule is C=C[C@@H]1CC2C3CCC4=CC(=O)C=C[C@]4(C)C3=CC[C@]2(C)[C@@]1(C)C(=O)COC(C)=O. The average molecular weight is 409 g/mol. The second-order valence-electron chi connectivity index (χ2n) is 10.1. The summed E-state index contributed by atoms with van der Waals surface area (Å²) in [6.07, 6.45) is 13.5. The molecule has 30 heavy (non-hydrogen) atoms. The van der Waals surface area contributed by atoms with E-state index in [1.54, 1.807) is 6.08 Å². The number of hydrogen-bond donors (Lipinski definition) is 0. The van der Waals surface area contributed by atoms with Crippen molar-refractivity contribution in [2.24, 2.45) is 34.0 Å². The third kappa shape index (κ3) is 2.68. The van der Waals surface area contributed by atoms with Gasteiger partial charge >= 0.3 is 5.97 Å². The number of ketones is 2. The summed E-state index contributed by atoms with van der Waals surface area (Å²) in [5, 5.41) is 0. The summed E-state index contributed by atoms with van der Waals surface area (Å²) in [5.41, 5.74) is 1.59. The maximum atomic E-state index is 13.4. The molecule has 160 valence electrons. The van der Waals surface area contributed by atoms with Crippen LogP contribution in [0.5, 0.6) is 0 Å². The molecule has 0 aromatic carbocycles. The molecule has 0 saturated heterocycles. The van der Waals surface area contributed by atoms with Crippen molar-refractivity contribution in [1.82, 2.24) is 0 Å². The van der Waals surface area contributed by atoms with Gasteiger partial charge in [-0.1, -0.05) is 43.2 Å². The van der Waals surface area contributed by atoms with Gasteiger partial charge in [0.1, 0.15) is 0 Å². The lowest BCUT2D eigenvalue weighted by Crippen LogP contribution is -2.51. The Morgan fingerprint density at radius 2 is 2.03 bits per heavy atom. The summed E-state index contributed by atoms with van der Waals surface area (Å²) in [6.45, 7) is 11.8. The summed E-state index contributed by atoms with van der Waals surface area (Å²) in [4.78, 5) is 36.6. The summed E-state index contributed by atoms with van der Waals surface area (Å²) in [5.74, 6) is 0.446. The van der Waals surface area contributed by atoms with Gasteiger partial charge in [0.15, 0.2) is 18.2 Å². The topological polar surface area (TPSA) is 60.4 Å². The average Bonchev–Trinajstić information content (AvgIpc) is 2.94. The van der Waals surface area contributed by atoms with E-state index >= 15 is 0 Å². The second-order valence-corrected chi connectivity index (χ2v) is 10.1. The molecule has 0 aromatic rings. The second kappa shape index (κ2) is 6.90. The van der Waals surface area contributed by atoms with Crippen molar-refractivity contribution in [1.29, 1.82) is 0 Å². The largest absolute Gasteiger partial charge is 0.458 e. The zero-order valence-corrected chi connectivity index (χ0v) is 18.5. The lowest BCUT2D eigenvalue weighted by molar-refractivity contribution is -0.153. The van der Waals surface area contributed by atoms with Crippen molar-refractivity contribution >= 4 is 17.5 Å². The van der Waals surface area contributed by atoms with Crippen molar-refractivity contribution in [3.05, 3.63) is 48.1 Å². The highest BCUT2D eigenvalue weighted by Crippen LogP contribution is 2.69. The number of esters is 1. The van der Waals surface area contributed by atoms with Crippen LogP contribution in [0.2, 0.25) is 0 Å². The van der Waals surface area contributed by atoms with Crippen LogP contribution in [-0.2, 0) is 19.1 Å². The molecular weight excluding hydrogens is 376 g/mol. The molecule has 4 nitrogen and oxygen atoms in total. The van der Waals surface area contributed by atoms with E-state index in [1.807, 2.05) is 12.2 Å². The normalized spacial score (nSPS) is 41.7. The van der Waals surface area contributed by atoms with Gasteiger partial charge in [0, 0.05) is 17.8 Å². The number of rotatable bonds is 4. The molecule has 0 amide bonds. The van der Waals surface area contributed by atoms with Gasteiger partial charge in [-0.2, -0.15) is 0 Å². The van der Waals surface area contributed by atoms with Gasteiger partial charge in [0.2, 0.25) is 0 Å². The van der Waals surface area contributed by atoms with E-state index in [0.29, 0.717) is 11.8 Å². The number of ether oxygens (including phenoxy) is 1. The minimum atomic E-state index is -0.619. The van der Waals surface area contributed by atoms with Crippen molar-refractivity contribution in [2.45, 2.75) is 53.4 Å². The monoisotopic (exact) mass is 408 g/mol. The lowest BCUT2D eigenvalue weighted by atomic mass is 9.49. The van der Waals surface area contributed by atoms with Crippen LogP contribution in [0.15, 0.2) is 48.1 Å². The molecule has 2 saturated carbocycles. The number of Topliss-reactive ketones (excluding diaryl/α,β-unsaturated/α-hetero) is 1. The highest BCUT2D eigenvalue weighted by molar-refractivity contribution is 6.01. The number of hydrogen-bond acceptors (Lipinski definition) is 4. The first-order valence-corrected chi connectivity index (χ1v) is 11.0. The molecule has 0 aromatic heterocycles. The molecule has 2 fully saturated rings. The molecule has 2 unspecified atom stereocenters. The van der Waals surface area contributed by atoms with E-state index in [4.69, 9.17) is 4.74 Å². The van der Waals surface area contributed by atoms with Gasteiger partial charge in [0.05, 0.1) is 0 Å². The molecule has 0 radical (unpaired) electrons. The maximum Gasteiger partial charge on any atom is 0.303 e. The van der Waals surface area contributed by atoms with Gasteiger partial charge in [-0.25, -0.2) is 0 Å². The standard InChI is InChI=1S/C26H32O4/c1-6-17-14-22-20-8-7-18-13-19(28)9-11-24(18,3)21(20)10-12-25(22,4)26(17,5)23(29)15-30-16(2)27/h6,9-11,13,17,20,22H,1,7-8,12,14-15H2,2-5H3/t17-,20?,22?,24+,25+,26-/m1/s1. The predicted octanol–water partition coefficient (Wildman–Crippen LogP) is 4.77. The van der Waals surface area contributed by atoms with Crippen molar-refractivity contribution in [3.63, 3.8) is 0 Å². The number of allylic oxidation sites excluding steroid dienone is 7. The Morgan fingerprint density at radius 3 is 2.70 bits per heavy atom. The number of fused-ring (bicyclic) bond motifs is 5. The quantitative estimate of drug-likeness (QED) is 0.497. The summed E-state index contributed by atoms with van der Waals surface area (Å²) in [7, 11) is 0. The van der Waals surface area contributed by atoms with Crippen LogP contribution in [0.3, 0.4) is 0 Å². The Hall–Kier alpha value is -2.23. The van der Waals surface area contributed by atoms with Gasteiger partial charge in [0.25, 0.3) is 0 Å². The zero-order chi connectivity index (χ0) is 21.9. The van der Waals surface area contributed by atoms with Crippen LogP contribution in [0, 0.1) is 34.0 Å². The fraction of sp³-hybridized carbons (Fsp3) is 0.577. The van der Waals surface area contributed by atoms with E-state index in [-0.39, 0.29) is 34.9 Å². The van der Waals surface area contributed by atoms with Gasteiger partial charge in [-0.3, -0.25) is 14.4 Å². The summed E-state index contributed by atoms with van der Waals surface area (Å²) in [6, 6.07) is 0. The van der Waals surface area contributed by atoms with Gasteiger partial charge < -0.3 is 4.74 Å². The van der Waals surface area contributed by atoms with E-state index in [9.17, 15) is 14.4 Å². The Labute approximate surface area is 179 Å². The molecule has 0 N–H and O–H groups in total. The number of carbonyl (C=O) groups excluding carboxylic acids is 3. The first-order valence-electron chi connectivity index (χ1n) is 11.0. The van der Waals surface area contributed by atoms with E-state index in [1.165, 1.54) is 18.1 Å². The fourth-order valence-corrected chi connectivity index (χ4v) is 7.02. The highest BCUT2D eigenvalue weighted by Gasteiger charge is 2.65. The molecule has 6 atom stereocenters. The molecule has 0 spiro atoms. The Balaban J connectivity index is 1.74. The Morgan fingerprint density at radius 1 is 1.30 bits per heavy atom. The maximum absolute atomic E-state index is 13.4. The van der Waals surface area contributed by atoms with Crippen LogP contribution in [-0.4, -0.2) is 24.1 Å². The van der Waals surface area contributed by atoms with Crippen LogP contribution in [0.4, 0.5) is 0 Å². The smallest absolute Gasteiger partial charge is 0.303 e. The van der Waals surface area contributed by atoms with E-state index in [2.05, 4.69) is 39.5 Å². The summed E-state index contributed by atoms with van der Waals surface area (Å²) < 4.78 is 5.12. The molecular formula is C26H32O4. The van der Waals surface area contributed by atoms with E-state index < -0.39 is 11.4 Å². The van der Waals surface area contributed by atoms with Crippen LogP contribution >= 0.6 is 0 Å². The number of carbonyl (C=O) groups is 3. The zero-order valence-electron chi connectivity index (χ0n) is 18.5. The lowest BCUT2D eigenvalue weighted by Gasteiger charge is -2.54. The fourth-order valence-electron chi connectivity index (χ4n) is 7.02. The van der Waals surface area contributed by atoms with Gasteiger partial charge in [-0.15, -0.1) is 6.58 Å². The van der Waals surface area contributed by atoms with Crippen molar-refractivity contribution < 1.29 is 19.1 Å². The minimum Gasteiger partial charge on any atom is -0.458 e.